The molecule has 0 unspecified atom stereocenters. The van der Waals surface area contributed by atoms with E-state index in [1.807, 2.05) is 30.3 Å². The van der Waals surface area contributed by atoms with E-state index < -0.39 is 0 Å². The molecular formula is C22H25N3O2. The van der Waals surface area contributed by atoms with Crippen molar-refractivity contribution >= 4 is 23.3 Å². The molecule has 1 saturated heterocycles. The van der Waals surface area contributed by atoms with Crippen molar-refractivity contribution in [2.75, 3.05) is 16.8 Å². The van der Waals surface area contributed by atoms with Gasteiger partial charge in [-0.25, -0.2) is 4.98 Å². The van der Waals surface area contributed by atoms with E-state index in [2.05, 4.69) is 22.4 Å². The zero-order valence-electron chi connectivity index (χ0n) is 15.4. The number of rotatable bonds is 4. The molecule has 0 bridgehead atoms. The molecule has 1 saturated carbocycles. The van der Waals surface area contributed by atoms with Crippen LogP contribution in [0.2, 0.25) is 0 Å². The highest BCUT2D eigenvalue weighted by Crippen LogP contribution is 2.32. The first kappa shape index (κ1) is 17.7. The highest BCUT2D eigenvalue weighted by atomic mass is 16.2. The van der Waals surface area contributed by atoms with Gasteiger partial charge in [0.2, 0.25) is 11.8 Å². The number of aromatic nitrogens is 1. The smallest absolute Gasteiger partial charge is 0.228 e. The molecule has 0 spiro atoms. The molecule has 1 aromatic heterocycles. The van der Waals surface area contributed by atoms with Gasteiger partial charge in [-0.15, -0.1) is 0 Å². The van der Waals surface area contributed by atoms with Crippen LogP contribution in [0.1, 0.15) is 50.0 Å². The summed E-state index contributed by atoms with van der Waals surface area (Å²) in [5, 5.41) is 2.95. The minimum Gasteiger partial charge on any atom is -0.312 e. The van der Waals surface area contributed by atoms with Crippen molar-refractivity contribution in [2.24, 2.45) is 5.92 Å². The quantitative estimate of drug-likeness (QED) is 0.889. The van der Waals surface area contributed by atoms with Gasteiger partial charge in [-0.05, 0) is 24.5 Å². The van der Waals surface area contributed by atoms with Crippen LogP contribution in [-0.2, 0) is 9.59 Å². The summed E-state index contributed by atoms with van der Waals surface area (Å²) in [7, 11) is 0. The lowest BCUT2D eigenvalue weighted by molar-refractivity contribution is -0.120. The van der Waals surface area contributed by atoms with Gasteiger partial charge in [0, 0.05) is 42.8 Å². The number of pyridine rings is 1. The summed E-state index contributed by atoms with van der Waals surface area (Å²) in [6, 6.07) is 13.8. The van der Waals surface area contributed by atoms with Gasteiger partial charge in [0.05, 0.1) is 0 Å². The number of benzene rings is 1. The molecule has 2 aromatic rings. The maximum Gasteiger partial charge on any atom is 0.228 e. The molecular weight excluding hydrogens is 338 g/mol. The third-order valence-corrected chi connectivity index (χ3v) is 5.68. The lowest BCUT2D eigenvalue weighted by atomic mass is 9.89. The van der Waals surface area contributed by atoms with Crippen LogP contribution in [0.4, 0.5) is 11.5 Å². The summed E-state index contributed by atoms with van der Waals surface area (Å²) in [5.74, 6) is 0.972. The van der Waals surface area contributed by atoms with E-state index in [0.29, 0.717) is 18.8 Å². The van der Waals surface area contributed by atoms with Crippen LogP contribution >= 0.6 is 0 Å². The molecule has 1 aromatic carbocycles. The maximum absolute atomic E-state index is 12.6. The van der Waals surface area contributed by atoms with Crippen LogP contribution in [0.3, 0.4) is 0 Å². The van der Waals surface area contributed by atoms with Crippen molar-refractivity contribution < 1.29 is 9.59 Å². The Morgan fingerprint density at radius 3 is 2.63 bits per heavy atom. The Morgan fingerprint density at radius 1 is 1.07 bits per heavy atom. The first-order chi connectivity index (χ1) is 13.2. The van der Waals surface area contributed by atoms with Gasteiger partial charge in [0.15, 0.2) is 0 Å². The molecule has 140 valence electrons. The number of anilines is 2. The fourth-order valence-corrected chi connectivity index (χ4v) is 4.15. The van der Waals surface area contributed by atoms with E-state index in [4.69, 9.17) is 0 Å². The second-order valence-corrected chi connectivity index (χ2v) is 7.54. The van der Waals surface area contributed by atoms with Gasteiger partial charge in [0.1, 0.15) is 5.82 Å². The number of nitrogens with one attached hydrogen (secondary N) is 1. The summed E-state index contributed by atoms with van der Waals surface area (Å²) in [5.41, 5.74) is 1.99. The van der Waals surface area contributed by atoms with Crippen molar-refractivity contribution in [3.05, 3.63) is 54.2 Å². The molecule has 1 N–H and O–H groups in total. The lowest BCUT2D eigenvalue weighted by Gasteiger charge is -2.21. The summed E-state index contributed by atoms with van der Waals surface area (Å²) >= 11 is 0. The minimum absolute atomic E-state index is 0.0502. The zero-order chi connectivity index (χ0) is 18.6. The summed E-state index contributed by atoms with van der Waals surface area (Å²) in [4.78, 5) is 31.1. The van der Waals surface area contributed by atoms with E-state index in [1.165, 1.54) is 12.0 Å². The average Bonchev–Trinajstić information content (AvgIpc) is 3.11. The molecule has 2 heterocycles. The maximum atomic E-state index is 12.6. The number of nitrogens with zero attached hydrogens (tertiary/aromatic N) is 2. The SMILES string of the molecule is O=C(Nc1cc(N2C[C@H](c3ccccc3)CC2=O)ccn1)C1CCCCC1. The van der Waals surface area contributed by atoms with Crippen LogP contribution in [0.5, 0.6) is 0 Å². The first-order valence-corrected chi connectivity index (χ1v) is 9.83. The Labute approximate surface area is 159 Å². The Kier molecular flexibility index (Phi) is 5.19. The molecule has 1 aliphatic carbocycles. The molecule has 2 fully saturated rings. The number of carbonyl (C=O) groups excluding carboxylic acids is 2. The van der Waals surface area contributed by atoms with Crippen LogP contribution in [-0.4, -0.2) is 23.3 Å². The minimum atomic E-state index is 0.0502. The molecule has 4 rings (SSSR count). The van der Waals surface area contributed by atoms with Gasteiger partial charge in [-0.3, -0.25) is 9.59 Å². The van der Waals surface area contributed by atoms with Gasteiger partial charge in [0.25, 0.3) is 0 Å². The second kappa shape index (κ2) is 7.91. The van der Waals surface area contributed by atoms with E-state index in [1.54, 1.807) is 11.1 Å². The van der Waals surface area contributed by atoms with Gasteiger partial charge in [-0.1, -0.05) is 49.6 Å². The molecule has 5 heteroatoms. The van der Waals surface area contributed by atoms with Crippen molar-refractivity contribution in [3.63, 3.8) is 0 Å². The number of hydrogen-bond acceptors (Lipinski definition) is 3. The van der Waals surface area contributed by atoms with Gasteiger partial charge in [-0.2, -0.15) is 0 Å². The Balaban J connectivity index is 1.46. The van der Waals surface area contributed by atoms with E-state index in [9.17, 15) is 9.59 Å². The van der Waals surface area contributed by atoms with Crippen molar-refractivity contribution in [1.82, 2.24) is 4.98 Å². The molecule has 2 aliphatic rings. The largest absolute Gasteiger partial charge is 0.312 e. The molecule has 1 atom stereocenters. The lowest BCUT2D eigenvalue weighted by Crippen LogP contribution is -2.26. The predicted molar refractivity (Wildman–Crippen MR) is 106 cm³/mol. The van der Waals surface area contributed by atoms with Gasteiger partial charge >= 0.3 is 0 Å². The normalized spacial score (nSPS) is 20.7. The summed E-state index contributed by atoms with van der Waals surface area (Å²) < 4.78 is 0. The van der Waals surface area contributed by atoms with Crippen molar-refractivity contribution in [3.8, 4) is 0 Å². The Hall–Kier alpha value is -2.69. The molecule has 1 aliphatic heterocycles. The standard InChI is InChI=1S/C22H25N3O2/c26-21-13-18(16-7-3-1-4-8-16)15-25(21)19-11-12-23-20(14-19)24-22(27)17-9-5-2-6-10-17/h1,3-4,7-8,11-12,14,17-18H,2,5-6,9-10,13,15H2,(H,23,24,27)/t18-/m1/s1. The Morgan fingerprint density at radius 2 is 1.85 bits per heavy atom. The summed E-state index contributed by atoms with van der Waals surface area (Å²) in [6.45, 7) is 0.656. The second-order valence-electron chi connectivity index (χ2n) is 7.54. The fourth-order valence-electron chi connectivity index (χ4n) is 4.15. The number of hydrogen-bond donors (Lipinski definition) is 1. The third-order valence-electron chi connectivity index (χ3n) is 5.68. The summed E-state index contributed by atoms with van der Waals surface area (Å²) in [6.07, 6.45) is 7.54. The number of amides is 2. The van der Waals surface area contributed by atoms with E-state index in [-0.39, 0.29) is 23.7 Å². The molecule has 2 amide bonds. The van der Waals surface area contributed by atoms with Crippen LogP contribution < -0.4 is 10.2 Å². The van der Waals surface area contributed by atoms with E-state index >= 15 is 0 Å². The first-order valence-electron chi connectivity index (χ1n) is 9.83. The number of carbonyl (C=O) groups is 2. The fraction of sp³-hybridized carbons (Fsp3) is 0.409. The monoisotopic (exact) mass is 363 g/mol. The predicted octanol–water partition coefficient (Wildman–Crippen LogP) is 4.12. The van der Waals surface area contributed by atoms with E-state index in [0.717, 1.165) is 31.4 Å². The molecule has 5 nitrogen and oxygen atoms in total. The average molecular weight is 363 g/mol. The Bertz CT molecular complexity index is 815. The highest BCUT2D eigenvalue weighted by Gasteiger charge is 2.31. The highest BCUT2D eigenvalue weighted by molar-refractivity contribution is 5.97. The van der Waals surface area contributed by atoms with Crippen molar-refractivity contribution in [2.45, 2.75) is 44.4 Å². The van der Waals surface area contributed by atoms with Crippen LogP contribution in [0.25, 0.3) is 0 Å². The van der Waals surface area contributed by atoms with Crippen LogP contribution in [0.15, 0.2) is 48.7 Å². The van der Waals surface area contributed by atoms with Crippen molar-refractivity contribution in [1.29, 1.82) is 0 Å². The zero-order valence-corrected chi connectivity index (χ0v) is 15.4. The molecule has 0 radical (unpaired) electrons. The topological polar surface area (TPSA) is 62.3 Å². The van der Waals surface area contributed by atoms with Crippen LogP contribution in [0, 0.1) is 5.92 Å². The third kappa shape index (κ3) is 4.02. The molecule has 27 heavy (non-hydrogen) atoms. The van der Waals surface area contributed by atoms with Gasteiger partial charge < -0.3 is 10.2 Å².